The van der Waals surface area contributed by atoms with Crippen LogP contribution in [0.2, 0.25) is 0 Å². The van der Waals surface area contributed by atoms with Crippen LogP contribution in [-0.2, 0) is 0 Å². The van der Waals surface area contributed by atoms with E-state index in [1.165, 1.54) is 5.56 Å². The van der Waals surface area contributed by atoms with Crippen LogP contribution >= 0.6 is 15.9 Å². The molecule has 1 aliphatic heterocycles. The maximum atomic E-state index is 4.78. The second-order valence-electron chi connectivity index (χ2n) is 4.26. The van der Waals surface area contributed by atoms with Gasteiger partial charge in [-0.3, -0.25) is 4.99 Å². The molecule has 3 heteroatoms. The van der Waals surface area contributed by atoms with Gasteiger partial charge < -0.3 is 5.32 Å². The van der Waals surface area contributed by atoms with Gasteiger partial charge >= 0.3 is 0 Å². The third-order valence-electron chi connectivity index (χ3n) is 3.01. The number of benzene rings is 2. The first-order chi connectivity index (χ1) is 8.83. The van der Waals surface area contributed by atoms with Crippen LogP contribution in [0.25, 0.3) is 0 Å². The molecule has 0 saturated heterocycles. The zero-order valence-electron chi connectivity index (χ0n) is 9.86. The van der Waals surface area contributed by atoms with Gasteiger partial charge in [-0.05, 0) is 29.8 Å². The van der Waals surface area contributed by atoms with E-state index in [0.29, 0.717) is 0 Å². The number of halogens is 1. The quantitative estimate of drug-likeness (QED) is 0.830. The number of nitrogens with one attached hydrogen (secondary N) is 1. The van der Waals surface area contributed by atoms with Crippen molar-refractivity contribution in [1.82, 2.24) is 0 Å². The van der Waals surface area contributed by atoms with Crippen LogP contribution < -0.4 is 5.32 Å². The number of para-hydroxylation sites is 2. The first kappa shape index (κ1) is 11.5. The summed E-state index contributed by atoms with van der Waals surface area (Å²) in [7, 11) is 0. The van der Waals surface area contributed by atoms with E-state index >= 15 is 0 Å². The lowest BCUT2D eigenvalue weighted by Crippen LogP contribution is -2.06. The lowest BCUT2D eigenvalue weighted by Gasteiger charge is -2.04. The van der Waals surface area contributed by atoms with Crippen molar-refractivity contribution in [2.24, 2.45) is 4.99 Å². The van der Waals surface area contributed by atoms with Crippen molar-refractivity contribution in [3.05, 3.63) is 58.6 Å². The maximum absolute atomic E-state index is 4.78. The third-order valence-corrected chi connectivity index (χ3v) is 3.54. The molecule has 0 atom stereocenters. The van der Waals surface area contributed by atoms with E-state index in [1.807, 2.05) is 18.2 Å². The van der Waals surface area contributed by atoms with Gasteiger partial charge in [0.25, 0.3) is 0 Å². The summed E-state index contributed by atoms with van der Waals surface area (Å²) in [5.74, 6) is 0. The first-order valence-electron chi connectivity index (χ1n) is 5.99. The van der Waals surface area contributed by atoms with Gasteiger partial charge in [-0.2, -0.15) is 0 Å². The predicted molar refractivity (Wildman–Crippen MR) is 79.9 cm³/mol. The summed E-state index contributed by atoms with van der Waals surface area (Å²) in [6, 6.07) is 16.5. The van der Waals surface area contributed by atoms with Crippen LogP contribution in [-0.4, -0.2) is 12.3 Å². The molecule has 0 bridgehead atoms. The Morgan fingerprint density at radius 3 is 2.61 bits per heavy atom. The zero-order valence-corrected chi connectivity index (χ0v) is 11.4. The molecule has 0 unspecified atom stereocenters. The average molecular weight is 301 g/mol. The number of aliphatic imine (C=N–C) groups is 1. The van der Waals surface area contributed by atoms with Crippen LogP contribution in [0.4, 0.5) is 11.4 Å². The van der Waals surface area contributed by atoms with E-state index in [-0.39, 0.29) is 0 Å². The number of fused-ring (bicyclic) bond motifs is 1. The van der Waals surface area contributed by atoms with Crippen LogP contribution in [0.15, 0.2) is 58.0 Å². The highest BCUT2D eigenvalue weighted by atomic mass is 79.9. The summed E-state index contributed by atoms with van der Waals surface area (Å²) in [4.78, 5) is 4.78. The van der Waals surface area contributed by atoms with Crippen LogP contribution in [0.3, 0.4) is 0 Å². The third kappa shape index (κ3) is 2.31. The highest BCUT2D eigenvalue weighted by Gasteiger charge is 2.10. The minimum absolute atomic E-state index is 0.923. The predicted octanol–water partition coefficient (Wildman–Crippen LogP) is 4.39. The van der Waals surface area contributed by atoms with Crippen molar-refractivity contribution in [3.8, 4) is 0 Å². The standard InChI is InChI=1S/C15H13BrN2/c16-12-7-5-11(6-8-12)13-9-10-17-14-3-1-2-4-15(14)18-13/h1-8,17H,9-10H2. The number of hydrogen-bond donors (Lipinski definition) is 1. The molecule has 0 spiro atoms. The molecule has 0 amide bonds. The van der Waals surface area contributed by atoms with E-state index in [1.54, 1.807) is 0 Å². The summed E-state index contributed by atoms with van der Waals surface area (Å²) < 4.78 is 1.10. The Labute approximate surface area is 115 Å². The van der Waals surface area contributed by atoms with E-state index < -0.39 is 0 Å². The Bertz CT molecular complexity index is 588. The topological polar surface area (TPSA) is 24.4 Å². The monoisotopic (exact) mass is 300 g/mol. The summed E-state index contributed by atoms with van der Waals surface area (Å²) in [5, 5.41) is 3.41. The molecule has 1 N–H and O–H groups in total. The Morgan fingerprint density at radius 1 is 1.00 bits per heavy atom. The van der Waals surface area contributed by atoms with Gasteiger partial charge in [0.15, 0.2) is 0 Å². The first-order valence-corrected chi connectivity index (χ1v) is 6.79. The SMILES string of the molecule is Brc1ccc(C2=Nc3ccccc3NCC2)cc1. The van der Waals surface area contributed by atoms with Crippen molar-refractivity contribution < 1.29 is 0 Å². The van der Waals surface area contributed by atoms with Crippen molar-refractivity contribution in [1.29, 1.82) is 0 Å². The molecule has 0 saturated carbocycles. The average Bonchev–Trinajstić information content (AvgIpc) is 2.61. The summed E-state index contributed by atoms with van der Waals surface area (Å²) in [6.45, 7) is 0.923. The van der Waals surface area contributed by atoms with Gasteiger partial charge in [0.05, 0.1) is 17.1 Å². The number of hydrogen-bond acceptors (Lipinski definition) is 2. The minimum Gasteiger partial charge on any atom is -0.383 e. The van der Waals surface area contributed by atoms with Crippen molar-refractivity contribution in [2.45, 2.75) is 6.42 Å². The fourth-order valence-electron chi connectivity index (χ4n) is 2.09. The molecule has 1 heterocycles. The fraction of sp³-hybridized carbons (Fsp3) is 0.133. The Balaban J connectivity index is 2.03. The molecule has 3 rings (SSSR count). The van der Waals surface area contributed by atoms with Crippen molar-refractivity contribution in [2.75, 3.05) is 11.9 Å². The summed E-state index contributed by atoms with van der Waals surface area (Å²) in [5.41, 5.74) is 4.47. The molecule has 2 aromatic carbocycles. The Hall–Kier alpha value is -1.61. The van der Waals surface area contributed by atoms with Crippen molar-refractivity contribution in [3.63, 3.8) is 0 Å². The maximum Gasteiger partial charge on any atom is 0.0864 e. The Morgan fingerprint density at radius 2 is 1.78 bits per heavy atom. The molecular weight excluding hydrogens is 288 g/mol. The second-order valence-corrected chi connectivity index (χ2v) is 5.17. The van der Waals surface area contributed by atoms with Crippen LogP contribution in [0.5, 0.6) is 0 Å². The van der Waals surface area contributed by atoms with E-state index in [4.69, 9.17) is 4.99 Å². The molecule has 2 nitrogen and oxygen atoms in total. The number of nitrogens with zero attached hydrogens (tertiary/aromatic N) is 1. The fourth-order valence-corrected chi connectivity index (χ4v) is 2.35. The lowest BCUT2D eigenvalue weighted by molar-refractivity contribution is 1.12. The van der Waals surface area contributed by atoms with Crippen molar-refractivity contribution >= 4 is 33.0 Å². The van der Waals surface area contributed by atoms with Gasteiger partial charge in [0.1, 0.15) is 0 Å². The van der Waals surface area contributed by atoms with Gasteiger partial charge in [0, 0.05) is 17.4 Å². The second kappa shape index (κ2) is 4.94. The van der Waals surface area contributed by atoms with E-state index in [2.05, 4.69) is 51.6 Å². The molecule has 0 fully saturated rings. The normalized spacial score (nSPS) is 14.2. The molecular formula is C15H13BrN2. The zero-order chi connectivity index (χ0) is 12.4. The molecule has 2 aromatic rings. The molecule has 0 aromatic heterocycles. The summed E-state index contributed by atoms with van der Waals surface area (Å²) >= 11 is 3.46. The lowest BCUT2D eigenvalue weighted by atomic mass is 10.1. The van der Waals surface area contributed by atoms with Crippen LogP contribution in [0.1, 0.15) is 12.0 Å². The highest BCUT2D eigenvalue weighted by molar-refractivity contribution is 9.10. The van der Waals surface area contributed by atoms with Crippen LogP contribution in [0, 0.1) is 0 Å². The molecule has 1 aliphatic rings. The molecule has 90 valence electrons. The highest BCUT2D eigenvalue weighted by Crippen LogP contribution is 2.28. The number of rotatable bonds is 1. The van der Waals surface area contributed by atoms with Gasteiger partial charge in [-0.15, -0.1) is 0 Å². The van der Waals surface area contributed by atoms with E-state index in [0.717, 1.165) is 34.5 Å². The minimum atomic E-state index is 0.923. The number of anilines is 1. The molecule has 18 heavy (non-hydrogen) atoms. The van der Waals surface area contributed by atoms with Gasteiger partial charge in [0.2, 0.25) is 0 Å². The molecule has 0 aliphatic carbocycles. The molecule has 0 radical (unpaired) electrons. The van der Waals surface area contributed by atoms with Gasteiger partial charge in [-0.25, -0.2) is 0 Å². The van der Waals surface area contributed by atoms with E-state index in [9.17, 15) is 0 Å². The smallest absolute Gasteiger partial charge is 0.0864 e. The largest absolute Gasteiger partial charge is 0.383 e. The Kier molecular flexibility index (Phi) is 3.15. The van der Waals surface area contributed by atoms with Gasteiger partial charge in [-0.1, -0.05) is 40.2 Å². The summed E-state index contributed by atoms with van der Waals surface area (Å²) in [6.07, 6.45) is 0.941.